The minimum atomic E-state index is -0.380. The maximum absolute atomic E-state index is 11.5. The Morgan fingerprint density at radius 2 is 2.15 bits per heavy atom. The lowest BCUT2D eigenvalue weighted by Crippen LogP contribution is -2.39. The van der Waals surface area contributed by atoms with Gasteiger partial charge in [-0.2, -0.15) is 0 Å². The highest BCUT2D eigenvalue weighted by atomic mass is 16.6. The average molecular weight is 184 g/mol. The first-order valence-corrected chi connectivity index (χ1v) is 4.78. The van der Waals surface area contributed by atoms with Crippen LogP contribution in [-0.2, 0) is 4.74 Å². The first-order valence-electron chi connectivity index (χ1n) is 4.78. The lowest BCUT2D eigenvalue weighted by atomic mass is 10.1. The van der Waals surface area contributed by atoms with Crippen LogP contribution in [0.5, 0.6) is 0 Å². The van der Waals surface area contributed by atoms with Crippen molar-refractivity contribution < 1.29 is 9.53 Å². The summed E-state index contributed by atoms with van der Waals surface area (Å²) in [5.41, 5.74) is -0.380. The quantitative estimate of drug-likeness (QED) is 0.577. The van der Waals surface area contributed by atoms with E-state index < -0.39 is 0 Å². The summed E-state index contributed by atoms with van der Waals surface area (Å²) in [5.74, 6) is 0. The van der Waals surface area contributed by atoms with Crippen molar-refractivity contribution in [3.63, 3.8) is 0 Å². The summed E-state index contributed by atoms with van der Waals surface area (Å²) in [7, 11) is 0. The summed E-state index contributed by atoms with van der Waals surface area (Å²) < 4.78 is 5.24. The Balaban J connectivity index is 2.38. The molecule has 0 aromatic rings. The van der Waals surface area contributed by atoms with E-state index in [9.17, 15) is 4.79 Å². The van der Waals surface area contributed by atoms with E-state index in [2.05, 4.69) is 6.42 Å². The number of rotatable bonds is 0. The third-order valence-corrected chi connectivity index (χ3v) is 1.84. The molecule has 1 radical (unpaired) electrons. The standard InChI is InChI=1S/C10H18NO2/c1-10(2,3)13-9(12)11-7-5-4-6-8-11/h5H,4,6-8H2,1-3H3. The fourth-order valence-electron chi connectivity index (χ4n) is 1.26. The SMILES string of the molecule is CC(C)(C)OC(=O)N1C[CH]CCC1. The van der Waals surface area contributed by atoms with Gasteiger partial charge in [0.05, 0.1) is 0 Å². The highest BCUT2D eigenvalue weighted by Gasteiger charge is 2.22. The van der Waals surface area contributed by atoms with Gasteiger partial charge in [-0.1, -0.05) is 0 Å². The molecule has 75 valence electrons. The van der Waals surface area contributed by atoms with E-state index in [1.165, 1.54) is 0 Å². The van der Waals surface area contributed by atoms with Crippen LogP contribution in [0.2, 0.25) is 0 Å². The second-order valence-electron chi connectivity index (χ2n) is 4.36. The number of carbonyl (C=O) groups excluding carboxylic acids is 1. The van der Waals surface area contributed by atoms with Crippen molar-refractivity contribution in [3.8, 4) is 0 Å². The van der Waals surface area contributed by atoms with Crippen LogP contribution in [0.3, 0.4) is 0 Å². The average Bonchev–Trinajstić information content (AvgIpc) is 2.03. The summed E-state index contributed by atoms with van der Waals surface area (Å²) in [6.45, 7) is 7.22. The maximum Gasteiger partial charge on any atom is 0.410 e. The van der Waals surface area contributed by atoms with E-state index in [-0.39, 0.29) is 11.7 Å². The Morgan fingerprint density at radius 1 is 1.46 bits per heavy atom. The molecule has 0 N–H and O–H groups in total. The van der Waals surface area contributed by atoms with Crippen LogP contribution in [0.15, 0.2) is 0 Å². The summed E-state index contributed by atoms with van der Waals surface area (Å²) in [5, 5.41) is 0. The van der Waals surface area contributed by atoms with E-state index in [0.717, 1.165) is 25.9 Å². The van der Waals surface area contributed by atoms with Gasteiger partial charge in [0.15, 0.2) is 0 Å². The summed E-state index contributed by atoms with van der Waals surface area (Å²) in [4.78, 5) is 13.2. The Morgan fingerprint density at radius 3 is 2.62 bits per heavy atom. The van der Waals surface area contributed by atoms with Crippen LogP contribution < -0.4 is 0 Å². The molecule has 0 aromatic heterocycles. The number of likely N-dealkylation sites (tertiary alicyclic amines) is 1. The van der Waals surface area contributed by atoms with E-state index >= 15 is 0 Å². The first-order chi connectivity index (χ1) is 5.99. The predicted octanol–water partition coefficient (Wildman–Crippen LogP) is 2.22. The van der Waals surface area contributed by atoms with Gasteiger partial charge in [-0.25, -0.2) is 4.79 Å². The minimum Gasteiger partial charge on any atom is -0.444 e. The van der Waals surface area contributed by atoms with E-state index in [4.69, 9.17) is 4.74 Å². The lowest BCUT2D eigenvalue weighted by Gasteiger charge is -2.29. The van der Waals surface area contributed by atoms with Gasteiger partial charge in [0.1, 0.15) is 5.60 Å². The Bertz CT molecular complexity index is 178. The highest BCUT2D eigenvalue weighted by Crippen LogP contribution is 2.13. The molecule has 1 aliphatic heterocycles. The summed E-state index contributed by atoms with van der Waals surface area (Å²) >= 11 is 0. The number of piperidine rings is 1. The molecule has 3 heteroatoms. The zero-order valence-electron chi connectivity index (χ0n) is 8.67. The largest absolute Gasteiger partial charge is 0.444 e. The van der Waals surface area contributed by atoms with Crippen molar-refractivity contribution in [3.05, 3.63) is 6.42 Å². The van der Waals surface area contributed by atoms with E-state index in [0.29, 0.717) is 0 Å². The van der Waals surface area contributed by atoms with Crippen molar-refractivity contribution in [1.29, 1.82) is 0 Å². The maximum atomic E-state index is 11.5. The Hall–Kier alpha value is -0.730. The van der Waals surface area contributed by atoms with Gasteiger partial charge in [-0.05, 0) is 40.0 Å². The molecule has 0 aromatic carbocycles. The van der Waals surface area contributed by atoms with Crippen molar-refractivity contribution in [2.24, 2.45) is 0 Å². The molecule has 1 heterocycles. The zero-order chi connectivity index (χ0) is 9.90. The van der Waals surface area contributed by atoms with Gasteiger partial charge >= 0.3 is 6.09 Å². The molecule has 0 unspecified atom stereocenters. The summed E-state index contributed by atoms with van der Waals surface area (Å²) in [6.07, 6.45) is 4.09. The number of carbonyl (C=O) groups is 1. The fourth-order valence-corrected chi connectivity index (χ4v) is 1.26. The molecule has 0 saturated carbocycles. The zero-order valence-corrected chi connectivity index (χ0v) is 8.67. The third-order valence-electron chi connectivity index (χ3n) is 1.84. The van der Waals surface area contributed by atoms with Crippen LogP contribution in [0.1, 0.15) is 33.6 Å². The van der Waals surface area contributed by atoms with Gasteiger partial charge in [-0.15, -0.1) is 0 Å². The molecular weight excluding hydrogens is 166 g/mol. The molecular formula is C10H18NO2. The normalized spacial score (nSPS) is 18.5. The molecule has 13 heavy (non-hydrogen) atoms. The fraction of sp³-hybridized carbons (Fsp3) is 0.800. The van der Waals surface area contributed by atoms with Crippen molar-refractivity contribution >= 4 is 6.09 Å². The van der Waals surface area contributed by atoms with Crippen LogP contribution in [0.4, 0.5) is 4.79 Å². The molecule has 1 amide bonds. The molecule has 3 nitrogen and oxygen atoms in total. The summed E-state index contributed by atoms with van der Waals surface area (Å²) in [6, 6.07) is 0. The Kier molecular flexibility index (Phi) is 3.17. The molecule has 0 bridgehead atoms. The highest BCUT2D eigenvalue weighted by molar-refractivity contribution is 5.68. The second kappa shape index (κ2) is 3.99. The topological polar surface area (TPSA) is 29.5 Å². The van der Waals surface area contributed by atoms with Gasteiger partial charge in [0.2, 0.25) is 0 Å². The predicted molar refractivity (Wildman–Crippen MR) is 51.3 cm³/mol. The molecule has 1 fully saturated rings. The van der Waals surface area contributed by atoms with Crippen molar-refractivity contribution in [2.75, 3.05) is 13.1 Å². The van der Waals surface area contributed by atoms with Crippen LogP contribution in [-0.4, -0.2) is 29.7 Å². The molecule has 0 spiro atoms. The first kappa shape index (κ1) is 10.4. The van der Waals surface area contributed by atoms with Gasteiger partial charge in [0.25, 0.3) is 0 Å². The van der Waals surface area contributed by atoms with Crippen LogP contribution in [0.25, 0.3) is 0 Å². The van der Waals surface area contributed by atoms with Gasteiger partial charge < -0.3 is 9.64 Å². The number of nitrogens with zero attached hydrogens (tertiary/aromatic N) is 1. The van der Waals surface area contributed by atoms with E-state index in [1.54, 1.807) is 4.90 Å². The van der Waals surface area contributed by atoms with Crippen molar-refractivity contribution in [1.82, 2.24) is 4.90 Å². The lowest BCUT2D eigenvalue weighted by molar-refractivity contribution is 0.0244. The van der Waals surface area contributed by atoms with Gasteiger partial charge in [-0.3, -0.25) is 0 Å². The Labute approximate surface area is 80.1 Å². The molecule has 0 aliphatic carbocycles. The molecule has 1 rings (SSSR count). The molecule has 1 saturated heterocycles. The number of hydrogen-bond donors (Lipinski definition) is 0. The van der Waals surface area contributed by atoms with Crippen molar-refractivity contribution in [2.45, 2.75) is 39.2 Å². The smallest absolute Gasteiger partial charge is 0.410 e. The van der Waals surface area contributed by atoms with Crippen LogP contribution >= 0.6 is 0 Å². The third kappa shape index (κ3) is 3.66. The number of ether oxygens (including phenoxy) is 1. The van der Waals surface area contributed by atoms with E-state index in [1.807, 2.05) is 20.8 Å². The number of amides is 1. The second-order valence-corrected chi connectivity index (χ2v) is 4.36. The molecule has 1 aliphatic rings. The monoisotopic (exact) mass is 184 g/mol. The molecule has 0 atom stereocenters. The number of hydrogen-bond acceptors (Lipinski definition) is 2. The minimum absolute atomic E-state index is 0.191. The van der Waals surface area contributed by atoms with Crippen LogP contribution in [0, 0.1) is 6.42 Å². The van der Waals surface area contributed by atoms with Gasteiger partial charge in [0, 0.05) is 13.1 Å².